The predicted molar refractivity (Wildman–Crippen MR) is 88.2 cm³/mol. The van der Waals surface area contributed by atoms with E-state index >= 15 is 0 Å². The summed E-state index contributed by atoms with van der Waals surface area (Å²) in [4.78, 5) is 35.4. The van der Waals surface area contributed by atoms with Gasteiger partial charge in [-0.25, -0.2) is 4.39 Å². The lowest BCUT2D eigenvalue weighted by Crippen LogP contribution is -2.55. The second-order valence-electron chi connectivity index (χ2n) is 5.78. The van der Waals surface area contributed by atoms with Crippen LogP contribution >= 0.6 is 0 Å². The maximum Gasteiger partial charge on any atom is 0.243 e. The molecule has 1 aromatic carbocycles. The molecule has 3 amide bonds. The van der Waals surface area contributed by atoms with Crippen LogP contribution in [0.5, 0.6) is 0 Å². The fourth-order valence-corrected chi connectivity index (χ4v) is 2.35. The van der Waals surface area contributed by atoms with Gasteiger partial charge in [0.05, 0.1) is 6.07 Å². The maximum atomic E-state index is 13.8. The van der Waals surface area contributed by atoms with Crippen LogP contribution in [0.4, 0.5) is 4.39 Å². The maximum absolute atomic E-state index is 13.8. The predicted octanol–water partition coefficient (Wildman–Crippen LogP) is 0.393. The van der Waals surface area contributed by atoms with Crippen molar-refractivity contribution in [3.05, 3.63) is 35.6 Å². The number of benzene rings is 1. The fourth-order valence-electron chi connectivity index (χ4n) is 2.35. The van der Waals surface area contributed by atoms with Crippen molar-refractivity contribution in [3.8, 4) is 6.07 Å². The zero-order chi connectivity index (χ0) is 19.0. The Kier molecular flexibility index (Phi) is 7.53. The van der Waals surface area contributed by atoms with Crippen LogP contribution in [0.2, 0.25) is 0 Å². The first-order valence-electron chi connectivity index (χ1n) is 7.73. The van der Waals surface area contributed by atoms with Crippen LogP contribution in [0.25, 0.3) is 0 Å². The molecule has 1 aromatic rings. The van der Waals surface area contributed by atoms with Crippen molar-refractivity contribution in [2.75, 3.05) is 0 Å². The summed E-state index contributed by atoms with van der Waals surface area (Å²) in [5.74, 6) is -2.94. The lowest BCUT2D eigenvalue weighted by atomic mass is 9.97. The molecular weight excluding hydrogens is 327 g/mol. The number of nitrogens with one attached hydrogen (secondary N) is 2. The van der Waals surface area contributed by atoms with Crippen molar-refractivity contribution in [2.24, 2.45) is 11.7 Å². The highest BCUT2D eigenvalue weighted by Gasteiger charge is 2.29. The number of carbonyl (C=O) groups excluding carboxylic acids is 3. The van der Waals surface area contributed by atoms with Crippen LogP contribution < -0.4 is 16.4 Å². The van der Waals surface area contributed by atoms with E-state index in [1.165, 1.54) is 25.1 Å². The van der Waals surface area contributed by atoms with Crippen molar-refractivity contribution >= 4 is 17.7 Å². The Morgan fingerprint density at radius 3 is 2.44 bits per heavy atom. The van der Waals surface area contributed by atoms with Gasteiger partial charge in [-0.2, -0.15) is 5.26 Å². The van der Waals surface area contributed by atoms with E-state index in [2.05, 4.69) is 10.6 Å². The average Bonchev–Trinajstić information content (AvgIpc) is 2.53. The summed E-state index contributed by atoms with van der Waals surface area (Å²) in [6.07, 6.45) is -0.0673. The minimum atomic E-state index is -1.08. The molecule has 0 aliphatic heterocycles. The third kappa shape index (κ3) is 6.22. The van der Waals surface area contributed by atoms with Crippen LogP contribution in [0.3, 0.4) is 0 Å². The molecule has 0 heterocycles. The first-order valence-corrected chi connectivity index (χ1v) is 7.73. The smallest absolute Gasteiger partial charge is 0.243 e. The molecule has 134 valence electrons. The molecule has 0 saturated carbocycles. The summed E-state index contributed by atoms with van der Waals surface area (Å²) >= 11 is 0. The number of amides is 3. The van der Waals surface area contributed by atoms with Crippen LogP contribution in [0.15, 0.2) is 24.3 Å². The van der Waals surface area contributed by atoms with Gasteiger partial charge in [-0.05, 0) is 17.5 Å². The van der Waals surface area contributed by atoms with Gasteiger partial charge in [0.1, 0.15) is 17.9 Å². The minimum Gasteiger partial charge on any atom is -0.368 e. The quantitative estimate of drug-likeness (QED) is 0.628. The van der Waals surface area contributed by atoms with E-state index < -0.39 is 41.5 Å². The molecule has 3 atom stereocenters. The van der Waals surface area contributed by atoms with Gasteiger partial charge in [-0.15, -0.1) is 0 Å². The van der Waals surface area contributed by atoms with E-state index in [-0.39, 0.29) is 18.4 Å². The second kappa shape index (κ2) is 9.37. The van der Waals surface area contributed by atoms with Gasteiger partial charge in [0.2, 0.25) is 17.7 Å². The number of hydrogen-bond donors (Lipinski definition) is 3. The summed E-state index contributed by atoms with van der Waals surface area (Å²) in [6, 6.07) is 5.64. The van der Waals surface area contributed by atoms with E-state index in [1.807, 2.05) is 6.07 Å². The lowest BCUT2D eigenvalue weighted by Gasteiger charge is -2.24. The molecule has 1 rings (SSSR count). The van der Waals surface area contributed by atoms with Gasteiger partial charge in [0.25, 0.3) is 0 Å². The number of carbonyl (C=O) groups is 3. The zero-order valence-electron chi connectivity index (χ0n) is 14.1. The monoisotopic (exact) mass is 348 g/mol. The molecule has 0 spiro atoms. The van der Waals surface area contributed by atoms with Crippen molar-refractivity contribution in [1.29, 1.82) is 5.26 Å². The first-order chi connectivity index (χ1) is 11.8. The Morgan fingerprint density at radius 2 is 1.92 bits per heavy atom. The van der Waals surface area contributed by atoms with Gasteiger partial charge in [-0.3, -0.25) is 14.4 Å². The highest BCUT2D eigenvalue weighted by atomic mass is 19.1. The Labute approximate surface area is 145 Å². The Hall–Kier alpha value is -2.95. The van der Waals surface area contributed by atoms with Crippen molar-refractivity contribution in [2.45, 2.75) is 38.8 Å². The summed E-state index contributed by atoms with van der Waals surface area (Å²) in [5.41, 5.74) is 5.53. The molecular formula is C17H21FN4O3. The first kappa shape index (κ1) is 20.1. The molecule has 0 aromatic heterocycles. The number of hydrogen-bond acceptors (Lipinski definition) is 4. The van der Waals surface area contributed by atoms with Crippen LogP contribution in [0.1, 0.15) is 25.8 Å². The Morgan fingerprint density at radius 1 is 1.28 bits per heavy atom. The molecule has 4 N–H and O–H groups in total. The number of halogens is 1. The third-order valence-corrected chi connectivity index (χ3v) is 3.66. The SMILES string of the molecule is CC(=O)N[C@@H](Cc1ccccc1F)C(=O)N[C@@H](C(N)=O)[C@@H](C)CC#N. The van der Waals surface area contributed by atoms with Gasteiger partial charge >= 0.3 is 0 Å². The Bertz CT molecular complexity index is 687. The van der Waals surface area contributed by atoms with E-state index in [0.29, 0.717) is 0 Å². The molecule has 0 saturated heterocycles. The molecule has 8 heteroatoms. The van der Waals surface area contributed by atoms with E-state index in [1.54, 1.807) is 13.0 Å². The highest BCUT2D eigenvalue weighted by Crippen LogP contribution is 2.11. The summed E-state index contributed by atoms with van der Waals surface area (Å²) < 4.78 is 13.8. The minimum absolute atomic E-state index is 0.0198. The number of rotatable bonds is 8. The molecule has 0 aliphatic rings. The second-order valence-corrected chi connectivity index (χ2v) is 5.78. The molecule has 0 bridgehead atoms. The molecule has 0 radical (unpaired) electrons. The van der Waals surface area contributed by atoms with E-state index in [9.17, 15) is 18.8 Å². The number of nitrogens with two attached hydrogens (primary N) is 1. The zero-order valence-corrected chi connectivity index (χ0v) is 14.1. The number of nitriles is 1. The molecule has 7 nitrogen and oxygen atoms in total. The summed E-state index contributed by atoms with van der Waals surface area (Å²) in [5, 5.41) is 13.6. The molecule has 0 unspecified atom stereocenters. The van der Waals surface area contributed by atoms with Crippen LogP contribution in [0, 0.1) is 23.1 Å². The largest absolute Gasteiger partial charge is 0.368 e. The topological polar surface area (TPSA) is 125 Å². The average molecular weight is 348 g/mol. The van der Waals surface area contributed by atoms with Crippen LogP contribution in [-0.2, 0) is 20.8 Å². The van der Waals surface area contributed by atoms with Gasteiger partial charge < -0.3 is 16.4 Å². The number of primary amides is 1. The van der Waals surface area contributed by atoms with Crippen LogP contribution in [-0.4, -0.2) is 29.8 Å². The van der Waals surface area contributed by atoms with Gasteiger partial charge in [-0.1, -0.05) is 25.1 Å². The third-order valence-electron chi connectivity index (χ3n) is 3.66. The molecule has 0 aliphatic carbocycles. The lowest BCUT2D eigenvalue weighted by molar-refractivity contribution is -0.131. The standard InChI is InChI=1S/C17H21FN4O3/c1-10(7-8-19)15(16(20)24)22-17(25)14(21-11(2)23)9-12-5-3-4-6-13(12)18/h3-6,10,14-15H,7,9H2,1-2H3,(H2,20,24)(H,21,23)(H,22,25)/t10-,14-,15+/m0/s1. The highest BCUT2D eigenvalue weighted by molar-refractivity contribution is 5.91. The van der Waals surface area contributed by atoms with Gasteiger partial charge in [0, 0.05) is 19.8 Å². The van der Waals surface area contributed by atoms with E-state index in [4.69, 9.17) is 11.0 Å². The van der Waals surface area contributed by atoms with Crippen molar-refractivity contribution < 1.29 is 18.8 Å². The van der Waals surface area contributed by atoms with Gasteiger partial charge in [0.15, 0.2) is 0 Å². The van der Waals surface area contributed by atoms with Crippen molar-refractivity contribution in [1.82, 2.24) is 10.6 Å². The van der Waals surface area contributed by atoms with Crippen molar-refractivity contribution in [3.63, 3.8) is 0 Å². The summed E-state index contributed by atoms with van der Waals surface area (Å²) in [6.45, 7) is 2.83. The number of nitrogens with zero attached hydrogens (tertiary/aromatic N) is 1. The van der Waals surface area contributed by atoms with E-state index in [0.717, 1.165) is 0 Å². The normalized spacial score (nSPS) is 13.8. The Balaban J connectivity index is 2.96. The summed E-state index contributed by atoms with van der Waals surface area (Å²) in [7, 11) is 0. The molecule has 0 fully saturated rings. The fraction of sp³-hybridized carbons (Fsp3) is 0.412. The molecule has 25 heavy (non-hydrogen) atoms.